The first-order chi connectivity index (χ1) is 9.25. The third-order valence-electron chi connectivity index (χ3n) is 2.75. The molecule has 0 radical (unpaired) electrons. The maximum atomic E-state index is 11.7. The van der Waals surface area contributed by atoms with Crippen LogP contribution >= 0.6 is 11.3 Å². The summed E-state index contributed by atoms with van der Waals surface area (Å²) >= 11 is 1.48. The highest BCUT2D eigenvalue weighted by Crippen LogP contribution is 2.06. The van der Waals surface area contributed by atoms with Crippen molar-refractivity contribution in [3.05, 3.63) is 52.5 Å². The fourth-order valence-corrected chi connectivity index (χ4v) is 2.26. The molecule has 2 aromatic rings. The Morgan fingerprint density at radius 3 is 2.84 bits per heavy atom. The normalized spacial score (nSPS) is 12.1. The Bertz CT molecular complexity index is 499. The standard InChI is InChI=1S/C14H16N2O2S/c17-12(7-6-11-4-2-1-3-5-11)14(18)16-10-13-15-8-9-19-13/h1-5,8-9,12,17H,6-7,10H2,(H,16,18). The van der Waals surface area contributed by atoms with Gasteiger partial charge in [0.05, 0.1) is 6.54 Å². The van der Waals surface area contributed by atoms with Crippen LogP contribution in [0.1, 0.15) is 17.0 Å². The first kappa shape index (κ1) is 13.7. The molecule has 2 rings (SSSR count). The van der Waals surface area contributed by atoms with E-state index in [9.17, 15) is 9.90 Å². The third kappa shape index (κ3) is 4.46. The molecular formula is C14H16N2O2S. The zero-order chi connectivity index (χ0) is 13.5. The van der Waals surface area contributed by atoms with Gasteiger partial charge in [0.2, 0.25) is 5.91 Å². The molecule has 0 bridgehead atoms. The van der Waals surface area contributed by atoms with E-state index >= 15 is 0 Å². The lowest BCUT2D eigenvalue weighted by atomic mass is 10.1. The van der Waals surface area contributed by atoms with Crippen LogP contribution in [0.3, 0.4) is 0 Å². The SMILES string of the molecule is O=C(NCc1nccs1)C(O)CCc1ccccc1. The first-order valence-electron chi connectivity index (χ1n) is 6.14. The summed E-state index contributed by atoms with van der Waals surface area (Å²) in [5, 5.41) is 15.1. The molecule has 1 heterocycles. The van der Waals surface area contributed by atoms with Crippen LogP contribution in [0, 0.1) is 0 Å². The van der Waals surface area contributed by atoms with Crippen LogP contribution in [0.4, 0.5) is 0 Å². The molecule has 0 fully saturated rings. The van der Waals surface area contributed by atoms with Gasteiger partial charge in [-0.25, -0.2) is 4.98 Å². The van der Waals surface area contributed by atoms with E-state index in [2.05, 4.69) is 10.3 Å². The molecular weight excluding hydrogens is 260 g/mol. The molecule has 1 unspecified atom stereocenters. The molecule has 0 spiro atoms. The van der Waals surface area contributed by atoms with Gasteiger partial charge in [-0.15, -0.1) is 11.3 Å². The van der Waals surface area contributed by atoms with E-state index in [0.29, 0.717) is 19.4 Å². The van der Waals surface area contributed by atoms with E-state index in [1.807, 2.05) is 35.7 Å². The molecule has 1 aromatic heterocycles. The lowest BCUT2D eigenvalue weighted by molar-refractivity contribution is -0.129. The Labute approximate surface area is 116 Å². The number of hydrogen-bond acceptors (Lipinski definition) is 4. The maximum absolute atomic E-state index is 11.7. The molecule has 0 saturated carbocycles. The smallest absolute Gasteiger partial charge is 0.249 e. The van der Waals surface area contributed by atoms with Gasteiger partial charge in [-0.05, 0) is 18.4 Å². The molecule has 0 aliphatic heterocycles. The summed E-state index contributed by atoms with van der Waals surface area (Å²) in [7, 11) is 0. The van der Waals surface area contributed by atoms with Gasteiger partial charge in [0, 0.05) is 11.6 Å². The van der Waals surface area contributed by atoms with Crippen molar-refractivity contribution in [1.29, 1.82) is 0 Å². The number of carbonyl (C=O) groups excluding carboxylic acids is 1. The second kappa shape index (κ2) is 7.01. The second-order valence-electron chi connectivity index (χ2n) is 4.18. The average Bonchev–Trinajstić information content (AvgIpc) is 2.96. The number of rotatable bonds is 6. The van der Waals surface area contributed by atoms with Gasteiger partial charge in [-0.2, -0.15) is 0 Å². The Morgan fingerprint density at radius 1 is 1.37 bits per heavy atom. The summed E-state index contributed by atoms with van der Waals surface area (Å²) in [6.07, 6.45) is 1.83. The van der Waals surface area contributed by atoms with Crippen molar-refractivity contribution in [3.63, 3.8) is 0 Å². The number of aliphatic hydroxyl groups excluding tert-OH is 1. The highest BCUT2D eigenvalue weighted by molar-refractivity contribution is 7.09. The summed E-state index contributed by atoms with van der Waals surface area (Å²) in [6, 6.07) is 9.82. The number of nitrogens with zero attached hydrogens (tertiary/aromatic N) is 1. The molecule has 0 saturated heterocycles. The number of nitrogens with one attached hydrogen (secondary N) is 1. The average molecular weight is 276 g/mol. The zero-order valence-corrected chi connectivity index (χ0v) is 11.3. The molecule has 0 aliphatic rings. The minimum atomic E-state index is -0.972. The minimum Gasteiger partial charge on any atom is -0.383 e. The number of aliphatic hydroxyl groups is 1. The number of aromatic nitrogens is 1. The summed E-state index contributed by atoms with van der Waals surface area (Å²) in [5.41, 5.74) is 1.12. The van der Waals surface area contributed by atoms with Crippen molar-refractivity contribution < 1.29 is 9.90 Å². The van der Waals surface area contributed by atoms with E-state index < -0.39 is 6.10 Å². The number of hydrogen-bond donors (Lipinski definition) is 2. The number of amides is 1. The van der Waals surface area contributed by atoms with Crippen LogP contribution in [0.2, 0.25) is 0 Å². The van der Waals surface area contributed by atoms with Crippen LogP contribution in [0.15, 0.2) is 41.9 Å². The zero-order valence-electron chi connectivity index (χ0n) is 10.5. The van der Waals surface area contributed by atoms with Crippen molar-refractivity contribution in [2.45, 2.75) is 25.5 Å². The highest BCUT2D eigenvalue weighted by atomic mass is 32.1. The van der Waals surface area contributed by atoms with Crippen molar-refractivity contribution in [3.8, 4) is 0 Å². The molecule has 1 aromatic carbocycles. The lowest BCUT2D eigenvalue weighted by Gasteiger charge is -2.10. The van der Waals surface area contributed by atoms with Gasteiger partial charge in [0.15, 0.2) is 0 Å². The number of benzene rings is 1. The van der Waals surface area contributed by atoms with Gasteiger partial charge in [-0.3, -0.25) is 4.79 Å². The number of thiazole rings is 1. The number of aryl methyl sites for hydroxylation is 1. The molecule has 2 N–H and O–H groups in total. The van der Waals surface area contributed by atoms with Crippen LogP contribution in [-0.2, 0) is 17.8 Å². The Balaban J connectivity index is 1.73. The minimum absolute atomic E-state index is 0.342. The Hall–Kier alpha value is -1.72. The van der Waals surface area contributed by atoms with Gasteiger partial charge >= 0.3 is 0 Å². The van der Waals surface area contributed by atoms with E-state index in [1.165, 1.54) is 11.3 Å². The van der Waals surface area contributed by atoms with Crippen molar-refractivity contribution in [2.24, 2.45) is 0 Å². The van der Waals surface area contributed by atoms with Gasteiger partial charge < -0.3 is 10.4 Å². The molecule has 100 valence electrons. The summed E-state index contributed by atoms with van der Waals surface area (Å²) in [6.45, 7) is 0.374. The van der Waals surface area contributed by atoms with Crippen LogP contribution in [0.25, 0.3) is 0 Å². The largest absolute Gasteiger partial charge is 0.383 e. The van der Waals surface area contributed by atoms with Crippen molar-refractivity contribution >= 4 is 17.2 Å². The fraction of sp³-hybridized carbons (Fsp3) is 0.286. The first-order valence-corrected chi connectivity index (χ1v) is 7.02. The molecule has 4 nitrogen and oxygen atoms in total. The van der Waals surface area contributed by atoms with Gasteiger partial charge in [0.25, 0.3) is 0 Å². The van der Waals surface area contributed by atoms with E-state index in [1.54, 1.807) is 6.20 Å². The predicted octanol–water partition coefficient (Wildman–Crippen LogP) is 1.75. The fourth-order valence-electron chi connectivity index (χ4n) is 1.70. The summed E-state index contributed by atoms with van der Waals surface area (Å²) in [4.78, 5) is 15.7. The van der Waals surface area contributed by atoms with Crippen LogP contribution in [-0.4, -0.2) is 22.1 Å². The molecule has 19 heavy (non-hydrogen) atoms. The van der Waals surface area contributed by atoms with Crippen molar-refractivity contribution in [2.75, 3.05) is 0 Å². The van der Waals surface area contributed by atoms with Gasteiger partial charge in [-0.1, -0.05) is 30.3 Å². The Morgan fingerprint density at radius 2 is 2.16 bits per heavy atom. The van der Waals surface area contributed by atoms with Crippen molar-refractivity contribution in [1.82, 2.24) is 10.3 Å². The third-order valence-corrected chi connectivity index (χ3v) is 3.53. The summed E-state index contributed by atoms with van der Waals surface area (Å²) in [5.74, 6) is -0.342. The topological polar surface area (TPSA) is 62.2 Å². The maximum Gasteiger partial charge on any atom is 0.249 e. The molecule has 1 amide bonds. The second-order valence-corrected chi connectivity index (χ2v) is 5.16. The Kier molecular flexibility index (Phi) is 5.06. The lowest BCUT2D eigenvalue weighted by Crippen LogP contribution is -2.34. The highest BCUT2D eigenvalue weighted by Gasteiger charge is 2.14. The number of carbonyl (C=O) groups is 1. The summed E-state index contributed by atoms with van der Waals surface area (Å²) < 4.78 is 0. The molecule has 5 heteroatoms. The monoisotopic (exact) mass is 276 g/mol. The van der Waals surface area contributed by atoms with E-state index in [-0.39, 0.29) is 5.91 Å². The van der Waals surface area contributed by atoms with E-state index in [0.717, 1.165) is 10.6 Å². The quantitative estimate of drug-likeness (QED) is 0.845. The predicted molar refractivity (Wildman–Crippen MR) is 74.7 cm³/mol. The van der Waals surface area contributed by atoms with Gasteiger partial charge in [0.1, 0.15) is 11.1 Å². The van der Waals surface area contributed by atoms with Crippen LogP contribution < -0.4 is 5.32 Å². The molecule has 0 aliphatic carbocycles. The molecule has 1 atom stereocenters. The van der Waals surface area contributed by atoms with Crippen LogP contribution in [0.5, 0.6) is 0 Å². The van der Waals surface area contributed by atoms with E-state index in [4.69, 9.17) is 0 Å².